The number of halogens is 1. The summed E-state index contributed by atoms with van der Waals surface area (Å²) < 4.78 is 18.9. The topological polar surface area (TPSA) is 45.0 Å². The van der Waals surface area contributed by atoms with Crippen LogP contribution in [0.3, 0.4) is 0 Å². The number of rotatable bonds is 6. The van der Waals surface area contributed by atoms with Gasteiger partial charge in [0.2, 0.25) is 0 Å². The van der Waals surface area contributed by atoms with E-state index in [1.54, 1.807) is 18.2 Å². The van der Waals surface area contributed by atoms with Gasteiger partial charge in [0.15, 0.2) is 6.61 Å². The Hall–Kier alpha value is -2.38. The summed E-state index contributed by atoms with van der Waals surface area (Å²) in [7, 11) is 0. The van der Waals surface area contributed by atoms with Crippen molar-refractivity contribution in [3.63, 3.8) is 0 Å². The molecule has 21 heavy (non-hydrogen) atoms. The van der Waals surface area contributed by atoms with Crippen LogP contribution in [0.5, 0.6) is 5.75 Å². The molecule has 108 valence electrons. The van der Waals surface area contributed by atoms with Gasteiger partial charge < -0.3 is 10.1 Å². The molecule has 0 aliphatic heterocycles. The van der Waals surface area contributed by atoms with Gasteiger partial charge >= 0.3 is 0 Å². The first-order valence-corrected chi connectivity index (χ1v) is 6.77. The van der Waals surface area contributed by atoms with Crippen molar-refractivity contribution in [3.05, 3.63) is 65.5 Å². The van der Waals surface area contributed by atoms with E-state index in [9.17, 15) is 4.39 Å². The Balaban J connectivity index is 1.97. The van der Waals surface area contributed by atoms with Crippen LogP contribution in [0.25, 0.3) is 0 Å². The van der Waals surface area contributed by atoms with Gasteiger partial charge in [-0.3, -0.25) is 0 Å². The number of nitrogens with zero attached hydrogens (tertiary/aromatic N) is 1. The van der Waals surface area contributed by atoms with Gasteiger partial charge in [0.1, 0.15) is 17.6 Å². The Morgan fingerprint density at radius 3 is 2.81 bits per heavy atom. The molecule has 2 aromatic rings. The van der Waals surface area contributed by atoms with Crippen LogP contribution in [0.2, 0.25) is 0 Å². The summed E-state index contributed by atoms with van der Waals surface area (Å²) in [6.07, 6.45) is 0. The van der Waals surface area contributed by atoms with Crippen molar-refractivity contribution >= 4 is 0 Å². The predicted molar refractivity (Wildman–Crippen MR) is 79.2 cm³/mol. The van der Waals surface area contributed by atoms with E-state index in [2.05, 4.69) is 5.32 Å². The highest BCUT2D eigenvalue weighted by molar-refractivity contribution is 5.29. The van der Waals surface area contributed by atoms with E-state index in [0.29, 0.717) is 17.9 Å². The number of ether oxygens (including phenoxy) is 1. The van der Waals surface area contributed by atoms with Crippen molar-refractivity contribution in [2.24, 2.45) is 0 Å². The summed E-state index contributed by atoms with van der Waals surface area (Å²) in [5.74, 6) is 0.456. The molecule has 0 heterocycles. The fourth-order valence-corrected chi connectivity index (χ4v) is 2.07. The van der Waals surface area contributed by atoms with Crippen LogP contribution in [0, 0.1) is 17.1 Å². The SMILES string of the molecule is CC(NCc1cccc(OCC#N)c1)c1ccccc1F. The smallest absolute Gasteiger partial charge is 0.174 e. The molecule has 0 saturated heterocycles. The maximum absolute atomic E-state index is 13.7. The van der Waals surface area contributed by atoms with E-state index >= 15 is 0 Å². The molecule has 0 bridgehead atoms. The molecule has 0 aliphatic carbocycles. The van der Waals surface area contributed by atoms with Gasteiger partial charge in [-0.05, 0) is 30.7 Å². The number of hydrogen-bond donors (Lipinski definition) is 1. The molecule has 0 spiro atoms. The molecule has 4 heteroatoms. The van der Waals surface area contributed by atoms with E-state index in [4.69, 9.17) is 10.00 Å². The number of hydrogen-bond acceptors (Lipinski definition) is 3. The monoisotopic (exact) mass is 284 g/mol. The van der Waals surface area contributed by atoms with Gasteiger partial charge in [-0.2, -0.15) is 5.26 Å². The molecular formula is C17H17FN2O. The molecule has 1 atom stereocenters. The highest BCUT2D eigenvalue weighted by atomic mass is 19.1. The summed E-state index contributed by atoms with van der Waals surface area (Å²) in [5.41, 5.74) is 1.67. The van der Waals surface area contributed by atoms with Crippen LogP contribution >= 0.6 is 0 Å². The average Bonchev–Trinajstić information content (AvgIpc) is 2.51. The molecule has 0 saturated carbocycles. The zero-order chi connectivity index (χ0) is 15.1. The molecule has 0 fully saturated rings. The molecule has 0 aromatic heterocycles. The highest BCUT2D eigenvalue weighted by Gasteiger charge is 2.09. The Labute approximate surface area is 124 Å². The highest BCUT2D eigenvalue weighted by Crippen LogP contribution is 2.18. The number of benzene rings is 2. The first-order chi connectivity index (χ1) is 10.2. The summed E-state index contributed by atoms with van der Waals surface area (Å²) in [6.45, 7) is 2.55. The lowest BCUT2D eigenvalue weighted by atomic mass is 10.1. The van der Waals surface area contributed by atoms with E-state index in [-0.39, 0.29) is 18.5 Å². The van der Waals surface area contributed by atoms with Crippen molar-refractivity contribution in [2.45, 2.75) is 19.5 Å². The lowest BCUT2D eigenvalue weighted by molar-refractivity contribution is 0.367. The van der Waals surface area contributed by atoms with Crippen LogP contribution < -0.4 is 10.1 Å². The Kier molecular flexibility index (Phi) is 5.30. The molecule has 0 aliphatic rings. The Morgan fingerprint density at radius 2 is 2.05 bits per heavy atom. The number of nitrogens with one attached hydrogen (secondary N) is 1. The van der Waals surface area contributed by atoms with Crippen molar-refractivity contribution in [1.82, 2.24) is 5.32 Å². The second kappa shape index (κ2) is 7.41. The van der Waals surface area contributed by atoms with Gasteiger partial charge in [-0.15, -0.1) is 0 Å². The molecule has 0 amide bonds. The third kappa shape index (κ3) is 4.30. The predicted octanol–water partition coefficient (Wildman–Crippen LogP) is 3.58. The lowest BCUT2D eigenvalue weighted by Gasteiger charge is -2.15. The maximum atomic E-state index is 13.7. The minimum absolute atomic E-state index is 0.0303. The van der Waals surface area contributed by atoms with Crippen molar-refractivity contribution < 1.29 is 9.13 Å². The van der Waals surface area contributed by atoms with Gasteiger partial charge in [0.25, 0.3) is 0 Å². The van der Waals surface area contributed by atoms with Crippen LogP contribution in [0.15, 0.2) is 48.5 Å². The first-order valence-electron chi connectivity index (χ1n) is 6.77. The number of nitriles is 1. The molecule has 0 radical (unpaired) electrons. The lowest BCUT2D eigenvalue weighted by Crippen LogP contribution is -2.19. The molecule has 1 unspecified atom stereocenters. The Bertz CT molecular complexity index is 637. The van der Waals surface area contributed by atoms with Gasteiger partial charge in [-0.25, -0.2) is 4.39 Å². The van der Waals surface area contributed by atoms with Gasteiger partial charge in [-0.1, -0.05) is 30.3 Å². The van der Waals surface area contributed by atoms with E-state index in [1.807, 2.05) is 37.3 Å². The standard InChI is InChI=1S/C17H17FN2O/c1-13(16-7-2-3-8-17(16)18)20-12-14-5-4-6-15(11-14)21-10-9-19/h2-8,11,13,20H,10,12H2,1H3. The van der Waals surface area contributed by atoms with E-state index in [0.717, 1.165) is 5.56 Å². The first kappa shape index (κ1) is 15.0. The minimum atomic E-state index is -0.205. The fourth-order valence-electron chi connectivity index (χ4n) is 2.07. The average molecular weight is 284 g/mol. The molecule has 2 aromatic carbocycles. The normalized spacial score (nSPS) is 11.7. The second-order valence-corrected chi connectivity index (χ2v) is 4.72. The third-order valence-corrected chi connectivity index (χ3v) is 3.19. The van der Waals surface area contributed by atoms with Crippen LogP contribution in [0.1, 0.15) is 24.1 Å². The zero-order valence-corrected chi connectivity index (χ0v) is 11.8. The van der Waals surface area contributed by atoms with Crippen molar-refractivity contribution in [3.8, 4) is 11.8 Å². The molecule has 1 N–H and O–H groups in total. The van der Waals surface area contributed by atoms with Crippen molar-refractivity contribution in [1.29, 1.82) is 5.26 Å². The largest absolute Gasteiger partial charge is 0.479 e. The zero-order valence-electron chi connectivity index (χ0n) is 11.8. The van der Waals surface area contributed by atoms with Gasteiger partial charge in [0.05, 0.1) is 0 Å². The maximum Gasteiger partial charge on any atom is 0.174 e. The fraction of sp³-hybridized carbons (Fsp3) is 0.235. The molecular weight excluding hydrogens is 267 g/mol. The van der Waals surface area contributed by atoms with Crippen molar-refractivity contribution in [2.75, 3.05) is 6.61 Å². The van der Waals surface area contributed by atoms with Crippen LogP contribution in [-0.2, 0) is 6.54 Å². The Morgan fingerprint density at radius 1 is 1.24 bits per heavy atom. The van der Waals surface area contributed by atoms with Crippen LogP contribution in [0.4, 0.5) is 4.39 Å². The molecule has 3 nitrogen and oxygen atoms in total. The van der Waals surface area contributed by atoms with Gasteiger partial charge in [0, 0.05) is 18.2 Å². The summed E-state index contributed by atoms with van der Waals surface area (Å²) >= 11 is 0. The summed E-state index contributed by atoms with van der Waals surface area (Å²) in [4.78, 5) is 0. The van der Waals surface area contributed by atoms with E-state index in [1.165, 1.54) is 6.07 Å². The minimum Gasteiger partial charge on any atom is -0.479 e. The quantitative estimate of drug-likeness (QED) is 0.882. The summed E-state index contributed by atoms with van der Waals surface area (Å²) in [6, 6.07) is 16.1. The second-order valence-electron chi connectivity index (χ2n) is 4.72. The summed E-state index contributed by atoms with van der Waals surface area (Å²) in [5, 5.41) is 11.8. The third-order valence-electron chi connectivity index (χ3n) is 3.19. The molecule has 2 rings (SSSR count). The van der Waals surface area contributed by atoms with E-state index < -0.39 is 0 Å². The van der Waals surface area contributed by atoms with Crippen LogP contribution in [-0.4, -0.2) is 6.61 Å².